The van der Waals surface area contributed by atoms with Crippen LogP contribution in [0.1, 0.15) is 6.92 Å². The maximum absolute atomic E-state index is 11.1. The third kappa shape index (κ3) is 3.23. The molecule has 1 aliphatic rings. The van der Waals surface area contributed by atoms with Crippen LogP contribution in [0.4, 0.5) is 11.4 Å². The van der Waals surface area contributed by atoms with Gasteiger partial charge >= 0.3 is 0 Å². The fourth-order valence-corrected chi connectivity index (χ4v) is 2.47. The number of anilines is 1. The first kappa shape index (κ1) is 14.2. The molecule has 0 amide bonds. The second-order valence-corrected chi connectivity index (χ2v) is 5.52. The van der Waals surface area contributed by atoms with Crippen LogP contribution < -0.4 is 10.6 Å². The molecule has 1 aliphatic heterocycles. The number of hydrogen-bond donors (Lipinski definition) is 1. The molecule has 2 unspecified atom stereocenters. The Bertz CT molecular complexity index is 481. The highest BCUT2D eigenvalue weighted by Crippen LogP contribution is 2.32. The van der Waals surface area contributed by atoms with E-state index in [9.17, 15) is 10.1 Å². The van der Waals surface area contributed by atoms with Gasteiger partial charge in [-0.2, -0.15) is 0 Å². The van der Waals surface area contributed by atoms with Crippen molar-refractivity contribution in [1.29, 1.82) is 0 Å². The normalized spacial score (nSPS) is 21.2. The van der Waals surface area contributed by atoms with Crippen molar-refractivity contribution in [3.63, 3.8) is 0 Å². The van der Waals surface area contributed by atoms with Crippen molar-refractivity contribution in [2.24, 2.45) is 5.73 Å². The van der Waals surface area contributed by atoms with Crippen LogP contribution >= 0.6 is 15.9 Å². The smallest absolute Gasteiger partial charge is 0.293 e. The van der Waals surface area contributed by atoms with Gasteiger partial charge in [-0.15, -0.1) is 0 Å². The number of nitrogens with zero attached hydrogens (tertiary/aromatic N) is 2. The molecule has 0 saturated carbocycles. The number of nitrogens with two attached hydrogens (primary N) is 1. The third-order valence-electron chi connectivity index (χ3n) is 3.15. The summed E-state index contributed by atoms with van der Waals surface area (Å²) >= 11 is 3.26. The van der Waals surface area contributed by atoms with Crippen LogP contribution in [0.5, 0.6) is 0 Å². The molecule has 0 aliphatic carbocycles. The Morgan fingerprint density at radius 2 is 2.37 bits per heavy atom. The maximum atomic E-state index is 11.1. The van der Waals surface area contributed by atoms with Crippen LogP contribution in [0, 0.1) is 10.1 Å². The van der Waals surface area contributed by atoms with Crippen molar-refractivity contribution in [3.05, 3.63) is 32.8 Å². The van der Waals surface area contributed by atoms with Gasteiger partial charge in [-0.1, -0.05) is 15.9 Å². The molecule has 0 radical (unpaired) electrons. The molecule has 2 N–H and O–H groups in total. The first-order valence-electron chi connectivity index (χ1n) is 6.05. The summed E-state index contributed by atoms with van der Waals surface area (Å²) in [5, 5.41) is 11.1. The van der Waals surface area contributed by atoms with Crippen molar-refractivity contribution in [1.82, 2.24) is 0 Å². The van der Waals surface area contributed by atoms with E-state index < -0.39 is 0 Å². The van der Waals surface area contributed by atoms with Crippen molar-refractivity contribution >= 4 is 27.3 Å². The first-order chi connectivity index (χ1) is 8.99. The van der Waals surface area contributed by atoms with Gasteiger partial charge in [0.25, 0.3) is 5.69 Å². The standard InChI is InChI=1S/C12H16BrN3O3/c1-8(14)12-7-15(4-5-19-12)10-3-2-9(13)6-11(10)16(17)18/h2-3,6,8,12H,4-5,7,14H2,1H3. The summed E-state index contributed by atoms with van der Waals surface area (Å²) in [4.78, 5) is 12.7. The number of morpholine rings is 1. The van der Waals surface area contributed by atoms with Gasteiger partial charge in [-0.25, -0.2) is 0 Å². The Morgan fingerprint density at radius 1 is 1.63 bits per heavy atom. The number of nitro groups is 1. The molecule has 2 atom stereocenters. The minimum absolute atomic E-state index is 0.0969. The van der Waals surface area contributed by atoms with Gasteiger partial charge in [0.1, 0.15) is 5.69 Å². The average Bonchev–Trinajstić information content (AvgIpc) is 2.38. The zero-order chi connectivity index (χ0) is 14.0. The number of rotatable bonds is 3. The second kappa shape index (κ2) is 5.85. The highest BCUT2D eigenvalue weighted by atomic mass is 79.9. The lowest BCUT2D eigenvalue weighted by atomic mass is 10.1. The Balaban J connectivity index is 2.28. The van der Waals surface area contributed by atoms with E-state index in [-0.39, 0.29) is 22.8 Å². The van der Waals surface area contributed by atoms with Crippen LogP contribution in [-0.2, 0) is 4.74 Å². The van der Waals surface area contributed by atoms with Crippen LogP contribution in [-0.4, -0.2) is 36.8 Å². The zero-order valence-electron chi connectivity index (χ0n) is 10.6. The van der Waals surface area contributed by atoms with Crippen molar-refractivity contribution in [3.8, 4) is 0 Å². The predicted molar refractivity (Wildman–Crippen MR) is 76.4 cm³/mol. The summed E-state index contributed by atoms with van der Waals surface area (Å²) < 4.78 is 6.26. The minimum Gasteiger partial charge on any atom is -0.373 e. The number of benzene rings is 1. The van der Waals surface area contributed by atoms with Crippen molar-refractivity contribution in [2.45, 2.75) is 19.1 Å². The van der Waals surface area contributed by atoms with Gasteiger partial charge < -0.3 is 15.4 Å². The summed E-state index contributed by atoms with van der Waals surface area (Å²) in [5.41, 5.74) is 6.55. The predicted octanol–water partition coefficient (Wildman–Crippen LogP) is 1.91. The fourth-order valence-electron chi connectivity index (χ4n) is 2.12. The Kier molecular flexibility index (Phi) is 4.38. The fraction of sp³-hybridized carbons (Fsp3) is 0.500. The van der Waals surface area contributed by atoms with E-state index in [0.29, 0.717) is 29.9 Å². The molecule has 1 fully saturated rings. The molecule has 6 nitrogen and oxygen atoms in total. The van der Waals surface area contributed by atoms with E-state index in [1.165, 1.54) is 6.07 Å². The van der Waals surface area contributed by atoms with Crippen molar-refractivity contribution < 1.29 is 9.66 Å². The summed E-state index contributed by atoms with van der Waals surface area (Å²) in [7, 11) is 0. The molecule has 1 heterocycles. The molecule has 1 saturated heterocycles. The molecule has 1 aromatic carbocycles. The molecule has 1 aromatic rings. The molecule has 104 valence electrons. The average molecular weight is 330 g/mol. The largest absolute Gasteiger partial charge is 0.373 e. The first-order valence-corrected chi connectivity index (χ1v) is 6.84. The van der Waals surface area contributed by atoms with Gasteiger partial charge in [-0.3, -0.25) is 10.1 Å². The third-order valence-corrected chi connectivity index (χ3v) is 3.65. The summed E-state index contributed by atoms with van der Waals surface area (Å²) in [6, 6.07) is 4.98. The SMILES string of the molecule is CC(N)C1CN(c2ccc(Br)cc2[N+](=O)[O-])CCO1. The maximum Gasteiger partial charge on any atom is 0.293 e. The van der Waals surface area contributed by atoms with Gasteiger partial charge in [0.05, 0.1) is 17.6 Å². The molecule has 0 bridgehead atoms. The zero-order valence-corrected chi connectivity index (χ0v) is 12.2. The minimum atomic E-state index is -0.365. The van der Waals surface area contributed by atoms with Gasteiger partial charge in [0.2, 0.25) is 0 Å². The van der Waals surface area contributed by atoms with Gasteiger partial charge in [0, 0.05) is 29.7 Å². The van der Waals surface area contributed by atoms with Gasteiger partial charge in [0.15, 0.2) is 0 Å². The van der Waals surface area contributed by atoms with E-state index >= 15 is 0 Å². The van der Waals surface area contributed by atoms with Crippen LogP contribution in [0.15, 0.2) is 22.7 Å². The van der Waals surface area contributed by atoms with E-state index in [4.69, 9.17) is 10.5 Å². The number of halogens is 1. The summed E-state index contributed by atoms with van der Waals surface area (Å²) in [5.74, 6) is 0. The molecule has 7 heteroatoms. The lowest BCUT2D eigenvalue weighted by Gasteiger charge is -2.35. The van der Waals surface area contributed by atoms with Crippen molar-refractivity contribution in [2.75, 3.05) is 24.6 Å². The van der Waals surface area contributed by atoms with Crippen LogP contribution in [0.3, 0.4) is 0 Å². The van der Waals surface area contributed by atoms with E-state index in [1.54, 1.807) is 12.1 Å². The Morgan fingerprint density at radius 3 is 3.00 bits per heavy atom. The highest BCUT2D eigenvalue weighted by Gasteiger charge is 2.27. The topological polar surface area (TPSA) is 81.6 Å². The molecule has 0 aromatic heterocycles. The highest BCUT2D eigenvalue weighted by molar-refractivity contribution is 9.10. The quantitative estimate of drug-likeness (QED) is 0.676. The number of ether oxygens (including phenoxy) is 1. The number of nitro benzene ring substituents is 1. The number of hydrogen-bond acceptors (Lipinski definition) is 5. The summed E-state index contributed by atoms with van der Waals surface area (Å²) in [6.07, 6.45) is -0.1000. The molecular formula is C12H16BrN3O3. The second-order valence-electron chi connectivity index (χ2n) is 4.60. The molecule has 0 spiro atoms. The Hall–Kier alpha value is -1.18. The summed E-state index contributed by atoms with van der Waals surface area (Å²) in [6.45, 7) is 3.61. The molecule has 19 heavy (non-hydrogen) atoms. The van der Waals surface area contributed by atoms with Crippen LogP contribution in [0.25, 0.3) is 0 Å². The lowest BCUT2D eigenvalue weighted by Crippen LogP contribution is -2.49. The molecule has 2 rings (SSSR count). The van der Waals surface area contributed by atoms with E-state index in [2.05, 4.69) is 15.9 Å². The van der Waals surface area contributed by atoms with E-state index in [1.807, 2.05) is 11.8 Å². The Labute approximate surface area is 119 Å². The molecular weight excluding hydrogens is 314 g/mol. The van der Waals surface area contributed by atoms with E-state index in [0.717, 1.165) is 0 Å². The van der Waals surface area contributed by atoms with Gasteiger partial charge in [-0.05, 0) is 19.1 Å². The monoisotopic (exact) mass is 329 g/mol. The van der Waals surface area contributed by atoms with Crippen LogP contribution in [0.2, 0.25) is 0 Å². The lowest BCUT2D eigenvalue weighted by molar-refractivity contribution is -0.384.